The van der Waals surface area contributed by atoms with Crippen LogP contribution in [0.3, 0.4) is 0 Å². The fraction of sp³-hybridized carbons (Fsp3) is 0.368. The van der Waals surface area contributed by atoms with Crippen molar-refractivity contribution >= 4 is 27.7 Å². The number of carboxylic acids is 1. The second kappa shape index (κ2) is 8.62. The number of hydrogen-bond donors (Lipinski definition) is 4. The van der Waals surface area contributed by atoms with Gasteiger partial charge in [-0.2, -0.15) is 5.10 Å². The number of benzene rings is 1. The largest absolute Gasteiger partial charge is 0.478 e. The summed E-state index contributed by atoms with van der Waals surface area (Å²) in [5.41, 5.74) is 1.03. The number of aliphatic hydroxyl groups excluding tert-OH is 1. The standard InChI is InChI=1S/C19H20BrFN6O3/c20-13-6-10(21)3-4-12(13)16-15(19(29)30)14(7-27-5-1-2-11(27)8-28)24-18(25-16)17-22-9-23-26-17/h3-4,6,9,11,16,28H,1-2,5,7-8H2,(H,24,25)(H,29,30)(H,22,23,26)/t11-,16?/m0/s1. The molecule has 1 unspecified atom stereocenters. The molecule has 158 valence electrons. The first-order valence-corrected chi connectivity index (χ1v) is 10.2. The number of carboxylic acid groups (broad SMARTS) is 1. The zero-order valence-electron chi connectivity index (χ0n) is 15.8. The average Bonchev–Trinajstić information content (AvgIpc) is 3.39. The number of aromatic nitrogens is 3. The lowest BCUT2D eigenvalue weighted by molar-refractivity contribution is -0.133. The molecule has 2 atom stereocenters. The predicted molar refractivity (Wildman–Crippen MR) is 109 cm³/mol. The third-order valence-corrected chi connectivity index (χ3v) is 6.01. The molecule has 1 aromatic heterocycles. The van der Waals surface area contributed by atoms with Crippen molar-refractivity contribution < 1.29 is 19.4 Å². The third-order valence-electron chi connectivity index (χ3n) is 5.32. The average molecular weight is 479 g/mol. The number of nitrogens with one attached hydrogen (secondary N) is 2. The fourth-order valence-corrected chi connectivity index (χ4v) is 4.44. The number of nitrogens with zero attached hydrogens (tertiary/aromatic N) is 4. The van der Waals surface area contributed by atoms with E-state index in [0.29, 0.717) is 33.9 Å². The summed E-state index contributed by atoms with van der Waals surface area (Å²) in [6.07, 6.45) is 3.11. The molecule has 11 heteroatoms. The lowest BCUT2D eigenvalue weighted by Gasteiger charge is -2.30. The van der Waals surface area contributed by atoms with Gasteiger partial charge in [0.1, 0.15) is 18.2 Å². The second-order valence-electron chi connectivity index (χ2n) is 7.15. The van der Waals surface area contributed by atoms with Crippen LogP contribution in [0.1, 0.15) is 30.3 Å². The number of H-pyrrole nitrogens is 1. The Kier molecular flexibility index (Phi) is 5.93. The van der Waals surface area contributed by atoms with Crippen LogP contribution in [0.25, 0.3) is 0 Å². The van der Waals surface area contributed by atoms with Gasteiger partial charge in [0.25, 0.3) is 0 Å². The van der Waals surface area contributed by atoms with Gasteiger partial charge in [-0.25, -0.2) is 14.2 Å². The molecule has 2 aliphatic heterocycles. The normalized spacial score (nSPS) is 22.2. The van der Waals surface area contributed by atoms with Crippen molar-refractivity contribution in [3.63, 3.8) is 0 Å². The van der Waals surface area contributed by atoms with Crippen LogP contribution in [0.2, 0.25) is 0 Å². The Hall–Kier alpha value is -2.63. The maximum atomic E-state index is 13.6. The van der Waals surface area contributed by atoms with E-state index in [4.69, 9.17) is 0 Å². The number of carbonyl (C=O) groups is 1. The Balaban J connectivity index is 1.80. The van der Waals surface area contributed by atoms with Crippen LogP contribution in [0.15, 0.2) is 45.3 Å². The number of amidine groups is 1. The number of aromatic amines is 1. The van der Waals surface area contributed by atoms with E-state index in [0.717, 1.165) is 19.4 Å². The fourth-order valence-electron chi connectivity index (χ4n) is 3.87. The summed E-state index contributed by atoms with van der Waals surface area (Å²) in [6, 6.07) is 3.15. The monoisotopic (exact) mass is 478 g/mol. The van der Waals surface area contributed by atoms with Crippen molar-refractivity contribution in [2.45, 2.75) is 24.9 Å². The van der Waals surface area contributed by atoms with Gasteiger partial charge in [-0.05, 0) is 37.1 Å². The molecule has 2 aromatic rings. The molecule has 0 amide bonds. The first kappa shape index (κ1) is 20.6. The van der Waals surface area contributed by atoms with Crippen LogP contribution in [0.4, 0.5) is 4.39 Å². The van der Waals surface area contributed by atoms with E-state index in [1.54, 1.807) is 0 Å². The van der Waals surface area contributed by atoms with Gasteiger partial charge < -0.3 is 15.5 Å². The van der Waals surface area contributed by atoms with E-state index in [-0.39, 0.29) is 18.2 Å². The van der Waals surface area contributed by atoms with Crippen LogP contribution in [0, 0.1) is 5.82 Å². The molecule has 1 fully saturated rings. The molecule has 3 heterocycles. The zero-order chi connectivity index (χ0) is 21.3. The topological polar surface area (TPSA) is 127 Å². The van der Waals surface area contributed by atoms with Crippen molar-refractivity contribution in [1.82, 2.24) is 25.4 Å². The van der Waals surface area contributed by atoms with Gasteiger partial charge >= 0.3 is 5.97 Å². The summed E-state index contributed by atoms with van der Waals surface area (Å²) in [4.78, 5) is 23.0. The molecule has 0 bridgehead atoms. The SMILES string of the molecule is O=C(O)C1=C(CN2CCC[C@H]2CO)NC(c2ncn[nH]2)=NC1c1ccc(F)cc1Br. The smallest absolute Gasteiger partial charge is 0.335 e. The van der Waals surface area contributed by atoms with Crippen molar-refractivity contribution in [2.75, 3.05) is 19.7 Å². The molecule has 1 saturated heterocycles. The molecule has 0 saturated carbocycles. The molecular weight excluding hydrogens is 459 g/mol. The Morgan fingerprint density at radius 2 is 2.23 bits per heavy atom. The number of aliphatic carboxylic acids is 1. The predicted octanol–water partition coefficient (Wildman–Crippen LogP) is 1.59. The van der Waals surface area contributed by atoms with Crippen molar-refractivity contribution in [1.29, 1.82) is 0 Å². The summed E-state index contributed by atoms with van der Waals surface area (Å²) in [7, 11) is 0. The zero-order valence-corrected chi connectivity index (χ0v) is 17.4. The number of hydrogen-bond acceptors (Lipinski definition) is 7. The van der Waals surface area contributed by atoms with E-state index >= 15 is 0 Å². The summed E-state index contributed by atoms with van der Waals surface area (Å²) in [5, 5.41) is 29.4. The highest BCUT2D eigenvalue weighted by atomic mass is 79.9. The second-order valence-corrected chi connectivity index (χ2v) is 8.01. The summed E-state index contributed by atoms with van der Waals surface area (Å²) >= 11 is 3.33. The van der Waals surface area contributed by atoms with Crippen LogP contribution >= 0.6 is 15.9 Å². The Morgan fingerprint density at radius 3 is 2.90 bits per heavy atom. The van der Waals surface area contributed by atoms with Gasteiger partial charge in [0.2, 0.25) is 0 Å². The quantitative estimate of drug-likeness (QED) is 0.496. The molecular formula is C19H20BrFN6O3. The number of likely N-dealkylation sites (tertiary alicyclic amines) is 1. The minimum absolute atomic E-state index is 0.00563. The first-order valence-electron chi connectivity index (χ1n) is 9.44. The highest BCUT2D eigenvalue weighted by molar-refractivity contribution is 9.10. The highest BCUT2D eigenvalue weighted by Gasteiger charge is 2.35. The molecule has 0 spiro atoms. The molecule has 4 N–H and O–H groups in total. The summed E-state index contributed by atoms with van der Waals surface area (Å²) in [6.45, 7) is 1.06. The summed E-state index contributed by atoms with van der Waals surface area (Å²) < 4.78 is 14.1. The number of halogens is 2. The number of aliphatic imine (C=N–C) groups is 1. The van der Waals surface area contributed by atoms with Crippen molar-refractivity contribution in [2.24, 2.45) is 4.99 Å². The molecule has 0 aliphatic carbocycles. The van der Waals surface area contributed by atoms with Gasteiger partial charge in [0, 0.05) is 22.8 Å². The molecule has 4 rings (SSSR count). The lowest BCUT2D eigenvalue weighted by atomic mass is 9.95. The van der Waals surface area contributed by atoms with E-state index < -0.39 is 17.8 Å². The number of aliphatic hydroxyl groups is 1. The van der Waals surface area contributed by atoms with Crippen LogP contribution in [-0.2, 0) is 4.79 Å². The Labute approximate surface area is 179 Å². The minimum Gasteiger partial charge on any atom is -0.478 e. The molecule has 30 heavy (non-hydrogen) atoms. The maximum Gasteiger partial charge on any atom is 0.335 e. The Morgan fingerprint density at radius 1 is 1.40 bits per heavy atom. The minimum atomic E-state index is -1.13. The van der Waals surface area contributed by atoms with Crippen LogP contribution in [-0.4, -0.2) is 67.8 Å². The third kappa shape index (κ3) is 4.00. The summed E-state index contributed by atoms with van der Waals surface area (Å²) in [5.74, 6) is -0.865. The van der Waals surface area contributed by atoms with E-state index in [2.05, 4.69) is 41.4 Å². The Bertz CT molecular complexity index is 1010. The van der Waals surface area contributed by atoms with E-state index in [9.17, 15) is 19.4 Å². The molecule has 0 radical (unpaired) electrons. The first-order chi connectivity index (χ1) is 14.5. The molecule has 1 aromatic carbocycles. The molecule has 9 nitrogen and oxygen atoms in total. The van der Waals surface area contributed by atoms with Crippen molar-refractivity contribution in [3.8, 4) is 0 Å². The number of rotatable bonds is 6. The van der Waals surface area contributed by atoms with E-state index in [1.807, 2.05) is 4.90 Å². The molecule has 2 aliphatic rings. The van der Waals surface area contributed by atoms with Gasteiger partial charge in [0.15, 0.2) is 11.7 Å². The van der Waals surface area contributed by atoms with Gasteiger partial charge in [-0.1, -0.05) is 22.0 Å². The van der Waals surface area contributed by atoms with Crippen molar-refractivity contribution in [3.05, 3.63) is 57.5 Å². The van der Waals surface area contributed by atoms with Crippen LogP contribution < -0.4 is 5.32 Å². The maximum absolute atomic E-state index is 13.6. The van der Waals surface area contributed by atoms with Gasteiger partial charge in [-0.15, -0.1) is 0 Å². The lowest BCUT2D eigenvalue weighted by Crippen LogP contribution is -2.42. The van der Waals surface area contributed by atoms with Gasteiger partial charge in [-0.3, -0.25) is 15.0 Å². The van der Waals surface area contributed by atoms with Gasteiger partial charge in [0.05, 0.1) is 12.2 Å². The van der Waals surface area contributed by atoms with Crippen LogP contribution in [0.5, 0.6) is 0 Å². The highest BCUT2D eigenvalue weighted by Crippen LogP contribution is 2.36. The van der Waals surface area contributed by atoms with E-state index in [1.165, 1.54) is 24.5 Å².